The number of amides is 1. The van der Waals surface area contributed by atoms with Crippen molar-refractivity contribution in [2.45, 2.75) is 39.8 Å². The molecular formula is C30H30FN5O3S2. The van der Waals surface area contributed by atoms with Crippen LogP contribution in [0.2, 0.25) is 0 Å². The first-order chi connectivity index (χ1) is 19.8. The maximum Gasteiger partial charge on any atom is 0.270 e. The SMILES string of the molecule is CCCCn1c(N2CCN(c3ccc(F)cc3)CC2)c(/C=C2\SC(=S)N(Cc3ccco3)C2=O)c(C)c(C#N)c1=O. The fourth-order valence-electron chi connectivity index (χ4n) is 5.16. The number of carbonyl (C=O) groups is 1. The maximum atomic E-state index is 13.6. The van der Waals surface area contributed by atoms with Gasteiger partial charge in [-0.1, -0.05) is 37.3 Å². The summed E-state index contributed by atoms with van der Waals surface area (Å²) >= 11 is 6.74. The van der Waals surface area contributed by atoms with Crippen LogP contribution in [0.15, 0.2) is 56.8 Å². The third-order valence-electron chi connectivity index (χ3n) is 7.40. The molecule has 41 heavy (non-hydrogen) atoms. The average Bonchev–Trinajstić information content (AvgIpc) is 3.58. The van der Waals surface area contributed by atoms with Crippen LogP contribution in [-0.2, 0) is 17.9 Å². The predicted molar refractivity (Wildman–Crippen MR) is 163 cm³/mol. The smallest absolute Gasteiger partial charge is 0.270 e. The number of nitriles is 1. The van der Waals surface area contributed by atoms with E-state index in [-0.39, 0.29) is 29.4 Å². The molecule has 11 heteroatoms. The Labute approximate surface area is 247 Å². The molecule has 4 heterocycles. The summed E-state index contributed by atoms with van der Waals surface area (Å²) in [6.07, 6.45) is 4.97. The van der Waals surface area contributed by atoms with Crippen molar-refractivity contribution >= 4 is 51.8 Å². The van der Waals surface area contributed by atoms with E-state index in [0.29, 0.717) is 64.7 Å². The van der Waals surface area contributed by atoms with E-state index in [1.807, 2.05) is 0 Å². The van der Waals surface area contributed by atoms with E-state index in [1.54, 1.807) is 48.1 Å². The average molecular weight is 592 g/mol. The molecule has 1 amide bonds. The number of anilines is 2. The second-order valence-electron chi connectivity index (χ2n) is 9.96. The van der Waals surface area contributed by atoms with Gasteiger partial charge in [0, 0.05) is 44.0 Å². The lowest BCUT2D eigenvalue weighted by Gasteiger charge is -2.39. The molecule has 0 bridgehead atoms. The Morgan fingerprint density at radius 3 is 2.46 bits per heavy atom. The number of thioether (sulfide) groups is 1. The van der Waals surface area contributed by atoms with E-state index in [0.717, 1.165) is 18.5 Å². The monoisotopic (exact) mass is 591 g/mol. The van der Waals surface area contributed by atoms with Crippen molar-refractivity contribution in [3.63, 3.8) is 0 Å². The van der Waals surface area contributed by atoms with Crippen LogP contribution in [0.5, 0.6) is 0 Å². The van der Waals surface area contributed by atoms with Gasteiger partial charge in [0.25, 0.3) is 11.5 Å². The van der Waals surface area contributed by atoms with Crippen LogP contribution in [0.3, 0.4) is 0 Å². The molecule has 0 spiro atoms. The Morgan fingerprint density at radius 2 is 1.83 bits per heavy atom. The number of nitrogens with zero attached hydrogens (tertiary/aromatic N) is 5. The zero-order chi connectivity index (χ0) is 29.1. The fraction of sp³-hybridized carbons (Fsp3) is 0.333. The third kappa shape index (κ3) is 5.80. The van der Waals surface area contributed by atoms with Gasteiger partial charge < -0.3 is 14.2 Å². The number of halogens is 1. The van der Waals surface area contributed by atoms with Crippen molar-refractivity contribution in [2.24, 2.45) is 0 Å². The molecule has 0 saturated carbocycles. The van der Waals surface area contributed by atoms with Gasteiger partial charge in [-0.2, -0.15) is 5.26 Å². The van der Waals surface area contributed by atoms with Crippen LogP contribution in [0.1, 0.15) is 42.2 Å². The molecule has 2 saturated heterocycles. The number of hydrogen-bond donors (Lipinski definition) is 0. The molecule has 8 nitrogen and oxygen atoms in total. The van der Waals surface area contributed by atoms with E-state index in [9.17, 15) is 19.2 Å². The maximum absolute atomic E-state index is 13.6. The molecule has 2 fully saturated rings. The minimum atomic E-state index is -0.322. The highest BCUT2D eigenvalue weighted by atomic mass is 32.2. The van der Waals surface area contributed by atoms with Gasteiger partial charge in [-0.3, -0.25) is 19.1 Å². The molecule has 2 aliphatic rings. The van der Waals surface area contributed by atoms with Gasteiger partial charge in [-0.25, -0.2) is 4.39 Å². The summed E-state index contributed by atoms with van der Waals surface area (Å²) in [4.78, 5) is 33.3. The standard InChI is InChI=1S/C30H30FN5O3S2/c1-3-4-11-35-27(34-14-12-33(13-15-34)22-9-7-21(31)8-10-22)24(20(2)25(18-32)28(35)37)17-26-29(38)36(30(40)41-26)19-23-6-5-16-39-23/h5-10,16-17H,3-4,11-15,19H2,1-2H3/b26-17-. The van der Waals surface area contributed by atoms with Crippen LogP contribution < -0.4 is 15.4 Å². The van der Waals surface area contributed by atoms with Crippen molar-refractivity contribution in [3.8, 4) is 6.07 Å². The van der Waals surface area contributed by atoms with Gasteiger partial charge in [-0.15, -0.1) is 0 Å². The third-order valence-corrected chi connectivity index (χ3v) is 8.77. The van der Waals surface area contributed by atoms with Crippen molar-refractivity contribution in [1.82, 2.24) is 9.47 Å². The summed E-state index contributed by atoms with van der Waals surface area (Å²) < 4.78 is 21.0. The Kier molecular flexibility index (Phi) is 8.61. The number of piperazine rings is 1. The van der Waals surface area contributed by atoms with Crippen molar-refractivity contribution in [2.75, 3.05) is 36.0 Å². The minimum Gasteiger partial charge on any atom is -0.467 e. The molecule has 2 aromatic heterocycles. The molecule has 3 aromatic rings. The highest BCUT2D eigenvalue weighted by Crippen LogP contribution is 2.37. The molecule has 212 valence electrons. The summed E-state index contributed by atoms with van der Waals surface area (Å²) in [7, 11) is 0. The first-order valence-corrected chi connectivity index (χ1v) is 14.8. The van der Waals surface area contributed by atoms with Crippen molar-refractivity contribution in [3.05, 3.63) is 86.2 Å². The zero-order valence-corrected chi connectivity index (χ0v) is 24.6. The molecule has 0 aliphatic carbocycles. The van der Waals surface area contributed by atoms with Crippen LogP contribution in [0.25, 0.3) is 6.08 Å². The molecule has 1 aromatic carbocycles. The Bertz CT molecular complexity index is 1580. The van der Waals surface area contributed by atoms with Crippen molar-refractivity contribution < 1.29 is 13.6 Å². The van der Waals surface area contributed by atoms with E-state index in [4.69, 9.17) is 16.6 Å². The highest BCUT2D eigenvalue weighted by Gasteiger charge is 2.34. The molecule has 0 unspecified atom stereocenters. The number of hydrogen-bond acceptors (Lipinski definition) is 8. The zero-order valence-electron chi connectivity index (χ0n) is 22.9. The molecule has 2 aliphatic heterocycles. The quantitative estimate of drug-likeness (QED) is 0.258. The minimum absolute atomic E-state index is 0.0760. The van der Waals surface area contributed by atoms with E-state index >= 15 is 0 Å². The number of carbonyl (C=O) groups excluding carboxylic acids is 1. The summed E-state index contributed by atoms with van der Waals surface area (Å²) in [6.45, 7) is 7.04. The second kappa shape index (κ2) is 12.3. The van der Waals surface area contributed by atoms with Crippen LogP contribution in [0.4, 0.5) is 15.9 Å². The lowest BCUT2D eigenvalue weighted by molar-refractivity contribution is -0.122. The van der Waals surface area contributed by atoms with E-state index in [1.165, 1.54) is 28.8 Å². The number of furan rings is 1. The summed E-state index contributed by atoms with van der Waals surface area (Å²) in [5.41, 5.74) is 1.90. The van der Waals surface area contributed by atoms with Gasteiger partial charge in [0.1, 0.15) is 33.3 Å². The number of pyridine rings is 1. The molecule has 0 atom stereocenters. The summed E-state index contributed by atoms with van der Waals surface area (Å²) in [5.74, 6) is 0.806. The molecular weight excluding hydrogens is 561 g/mol. The molecule has 0 radical (unpaired) electrons. The number of rotatable bonds is 8. The van der Waals surface area contributed by atoms with Gasteiger partial charge in [0.15, 0.2) is 0 Å². The topological polar surface area (TPSA) is 85.7 Å². The van der Waals surface area contributed by atoms with Crippen LogP contribution in [0, 0.1) is 24.1 Å². The lowest BCUT2D eigenvalue weighted by atomic mass is 10.0. The molecule has 5 rings (SSSR count). The normalized spacial score (nSPS) is 16.6. The van der Waals surface area contributed by atoms with Gasteiger partial charge in [-0.05, 0) is 61.4 Å². The summed E-state index contributed by atoms with van der Waals surface area (Å²) in [6, 6.07) is 12.1. The van der Waals surface area contributed by atoms with Gasteiger partial charge >= 0.3 is 0 Å². The Hall–Kier alpha value is -3.88. The number of benzene rings is 1. The van der Waals surface area contributed by atoms with Gasteiger partial charge in [0.05, 0.1) is 17.7 Å². The van der Waals surface area contributed by atoms with Crippen LogP contribution >= 0.6 is 24.0 Å². The lowest BCUT2D eigenvalue weighted by Crippen LogP contribution is -2.48. The largest absolute Gasteiger partial charge is 0.467 e. The molecule has 0 N–H and O–H groups in total. The first kappa shape index (κ1) is 28.6. The number of unbranched alkanes of at least 4 members (excludes halogenated alkanes) is 1. The Morgan fingerprint density at radius 1 is 1.12 bits per heavy atom. The summed E-state index contributed by atoms with van der Waals surface area (Å²) in [5, 5.41) is 9.95. The number of aromatic nitrogens is 1. The Balaban J connectivity index is 1.54. The van der Waals surface area contributed by atoms with Crippen LogP contribution in [-0.4, -0.2) is 45.9 Å². The van der Waals surface area contributed by atoms with Crippen molar-refractivity contribution in [1.29, 1.82) is 5.26 Å². The van der Waals surface area contributed by atoms with E-state index < -0.39 is 0 Å². The number of thiocarbonyl (C=S) groups is 1. The highest BCUT2D eigenvalue weighted by molar-refractivity contribution is 8.26. The predicted octanol–water partition coefficient (Wildman–Crippen LogP) is 5.29. The van der Waals surface area contributed by atoms with Gasteiger partial charge in [0.2, 0.25) is 0 Å². The first-order valence-electron chi connectivity index (χ1n) is 13.5. The second-order valence-corrected chi connectivity index (χ2v) is 11.6. The fourth-order valence-corrected chi connectivity index (χ4v) is 6.40. The van der Waals surface area contributed by atoms with E-state index in [2.05, 4.69) is 22.8 Å².